The highest BCUT2D eigenvalue weighted by Gasteiger charge is 2.29. The van der Waals surface area contributed by atoms with Crippen LogP contribution in [0.4, 0.5) is 0 Å². The molecule has 0 spiro atoms. The molecule has 10 heavy (non-hydrogen) atoms. The van der Waals surface area contributed by atoms with E-state index in [1.165, 1.54) is 25.7 Å². The van der Waals surface area contributed by atoms with Crippen LogP contribution in [0.25, 0.3) is 0 Å². The van der Waals surface area contributed by atoms with Gasteiger partial charge >= 0.3 is 0 Å². The van der Waals surface area contributed by atoms with E-state index in [1.807, 2.05) is 0 Å². The lowest BCUT2D eigenvalue weighted by Crippen LogP contribution is -2.04. The van der Waals surface area contributed by atoms with E-state index in [4.69, 9.17) is 0 Å². The van der Waals surface area contributed by atoms with Gasteiger partial charge in [0.1, 0.15) is 0 Å². The van der Waals surface area contributed by atoms with Crippen molar-refractivity contribution in [3.05, 3.63) is 0 Å². The van der Waals surface area contributed by atoms with E-state index in [9.17, 15) is 0 Å². The minimum atomic E-state index is 0.979. The lowest BCUT2D eigenvalue weighted by molar-refractivity contribution is 0.367. The van der Waals surface area contributed by atoms with Gasteiger partial charge in [-0.05, 0) is 24.7 Å². The van der Waals surface area contributed by atoms with Crippen molar-refractivity contribution in [2.24, 2.45) is 11.8 Å². The molecular weight excluding hydrogens is 235 g/mol. The fourth-order valence-electron chi connectivity index (χ4n) is 2.14. The number of hydrogen-bond acceptors (Lipinski definition) is 0. The number of rotatable bonds is 2. The third kappa shape index (κ3) is 1.86. The molecule has 0 aromatic heterocycles. The molecule has 60 valence electrons. The Hall–Kier alpha value is 0.730. The van der Waals surface area contributed by atoms with Crippen LogP contribution in [-0.4, -0.2) is 3.92 Å². The van der Waals surface area contributed by atoms with Gasteiger partial charge in [0.15, 0.2) is 0 Å². The van der Waals surface area contributed by atoms with Crippen molar-refractivity contribution in [1.82, 2.24) is 0 Å². The molecule has 0 aliphatic heterocycles. The van der Waals surface area contributed by atoms with Gasteiger partial charge in [-0.1, -0.05) is 49.3 Å². The molecule has 0 bridgehead atoms. The third-order valence-corrected chi connectivity index (χ3v) is 3.85. The largest absolute Gasteiger partial charge is 0.0826 e. The van der Waals surface area contributed by atoms with Crippen molar-refractivity contribution in [3.8, 4) is 0 Å². The SMILES string of the molecule is CCC1CC(I)CC1CC. The Kier molecular flexibility index (Phi) is 3.47. The summed E-state index contributed by atoms with van der Waals surface area (Å²) in [6, 6.07) is 0. The van der Waals surface area contributed by atoms with Crippen LogP contribution in [0.2, 0.25) is 0 Å². The molecule has 0 aromatic carbocycles. The molecule has 1 heteroatoms. The smallest absolute Gasteiger partial charge is 0.0115 e. The second-order valence-corrected chi connectivity index (χ2v) is 5.17. The molecule has 2 atom stereocenters. The molecule has 1 aliphatic rings. The number of alkyl halides is 1. The zero-order chi connectivity index (χ0) is 7.56. The van der Waals surface area contributed by atoms with Gasteiger partial charge in [0.2, 0.25) is 0 Å². The highest BCUT2D eigenvalue weighted by Crippen LogP contribution is 2.39. The topological polar surface area (TPSA) is 0 Å². The van der Waals surface area contributed by atoms with Gasteiger partial charge in [0, 0.05) is 3.92 Å². The van der Waals surface area contributed by atoms with Gasteiger partial charge in [0.05, 0.1) is 0 Å². The zero-order valence-electron chi connectivity index (χ0n) is 6.94. The van der Waals surface area contributed by atoms with Crippen LogP contribution in [0.15, 0.2) is 0 Å². The summed E-state index contributed by atoms with van der Waals surface area (Å²) >= 11 is 2.61. The molecule has 0 heterocycles. The normalized spacial score (nSPS) is 40.5. The summed E-state index contributed by atoms with van der Waals surface area (Å²) in [7, 11) is 0. The van der Waals surface area contributed by atoms with E-state index in [0.29, 0.717) is 0 Å². The van der Waals surface area contributed by atoms with Gasteiger partial charge in [-0.25, -0.2) is 0 Å². The molecule has 1 aliphatic carbocycles. The van der Waals surface area contributed by atoms with Crippen LogP contribution in [-0.2, 0) is 0 Å². The second-order valence-electron chi connectivity index (χ2n) is 3.41. The summed E-state index contributed by atoms with van der Waals surface area (Å²) in [5.41, 5.74) is 0. The highest BCUT2D eigenvalue weighted by molar-refractivity contribution is 14.1. The van der Waals surface area contributed by atoms with Gasteiger partial charge in [-0.3, -0.25) is 0 Å². The van der Waals surface area contributed by atoms with E-state index < -0.39 is 0 Å². The minimum Gasteiger partial charge on any atom is -0.0826 e. The molecule has 1 saturated carbocycles. The van der Waals surface area contributed by atoms with Crippen LogP contribution >= 0.6 is 22.6 Å². The molecule has 1 rings (SSSR count). The monoisotopic (exact) mass is 252 g/mol. The fraction of sp³-hybridized carbons (Fsp3) is 1.00. The number of hydrogen-bond donors (Lipinski definition) is 0. The maximum atomic E-state index is 2.61. The van der Waals surface area contributed by atoms with Crippen molar-refractivity contribution < 1.29 is 0 Å². The summed E-state index contributed by atoms with van der Waals surface area (Å²) in [5.74, 6) is 2.10. The molecule has 0 aromatic rings. The molecule has 0 saturated heterocycles. The quantitative estimate of drug-likeness (QED) is 0.520. The van der Waals surface area contributed by atoms with Gasteiger partial charge in [0.25, 0.3) is 0 Å². The van der Waals surface area contributed by atoms with Gasteiger partial charge in [-0.2, -0.15) is 0 Å². The molecule has 0 radical (unpaired) electrons. The lowest BCUT2D eigenvalue weighted by Gasteiger charge is -2.14. The summed E-state index contributed by atoms with van der Waals surface area (Å²) in [6.45, 7) is 4.67. The number of halogens is 1. The maximum absolute atomic E-state index is 2.61. The zero-order valence-corrected chi connectivity index (χ0v) is 9.10. The first-order valence-corrected chi connectivity index (χ1v) is 5.66. The predicted octanol–water partition coefficient (Wildman–Crippen LogP) is 3.64. The molecule has 0 N–H and O–H groups in total. The van der Waals surface area contributed by atoms with Crippen molar-refractivity contribution >= 4 is 22.6 Å². The van der Waals surface area contributed by atoms with Crippen molar-refractivity contribution in [3.63, 3.8) is 0 Å². The molecule has 0 nitrogen and oxygen atoms in total. The Balaban J connectivity index is 2.41. The third-order valence-electron chi connectivity index (χ3n) is 2.83. The fourth-order valence-corrected chi connectivity index (χ4v) is 3.44. The lowest BCUT2D eigenvalue weighted by atomic mass is 9.92. The van der Waals surface area contributed by atoms with E-state index in [2.05, 4.69) is 36.4 Å². The first-order valence-electron chi connectivity index (χ1n) is 4.42. The van der Waals surface area contributed by atoms with E-state index in [1.54, 1.807) is 0 Å². The Labute approximate surface area is 77.9 Å². The van der Waals surface area contributed by atoms with Gasteiger partial charge in [-0.15, -0.1) is 0 Å². The maximum Gasteiger partial charge on any atom is 0.0115 e. The summed E-state index contributed by atoms with van der Waals surface area (Å²) in [6.07, 6.45) is 5.77. The average molecular weight is 252 g/mol. The Morgan fingerprint density at radius 2 is 1.50 bits per heavy atom. The van der Waals surface area contributed by atoms with E-state index >= 15 is 0 Å². The Morgan fingerprint density at radius 1 is 1.10 bits per heavy atom. The van der Waals surface area contributed by atoms with Crippen LogP contribution < -0.4 is 0 Å². The molecule has 1 fully saturated rings. The van der Waals surface area contributed by atoms with Crippen LogP contribution in [0.5, 0.6) is 0 Å². The first kappa shape index (κ1) is 8.82. The van der Waals surface area contributed by atoms with E-state index in [0.717, 1.165) is 15.8 Å². The summed E-state index contributed by atoms with van der Waals surface area (Å²) < 4.78 is 0.979. The van der Waals surface area contributed by atoms with Crippen LogP contribution in [0.1, 0.15) is 39.5 Å². The van der Waals surface area contributed by atoms with E-state index in [-0.39, 0.29) is 0 Å². The Morgan fingerprint density at radius 3 is 1.80 bits per heavy atom. The van der Waals surface area contributed by atoms with Gasteiger partial charge < -0.3 is 0 Å². The minimum absolute atomic E-state index is 0.979. The molecular formula is C9H17I. The predicted molar refractivity (Wildman–Crippen MR) is 54.6 cm³/mol. The van der Waals surface area contributed by atoms with Crippen molar-refractivity contribution in [1.29, 1.82) is 0 Å². The van der Waals surface area contributed by atoms with Crippen LogP contribution in [0.3, 0.4) is 0 Å². The molecule has 0 amide bonds. The first-order chi connectivity index (χ1) is 4.77. The highest BCUT2D eigenvalue weighted by atomic mass is 127. The summed E-state index contributed by atoms with van der Waals surface area (Å²) in [5, 5.41) is 0. The average Bonchev–Trinajstić information content (AvgIpc) is 2.30. The van der Waals surface area contributed by atoms with Crippen LogP contribution in [0, 0.1) is 11.8 Å². The standard InChI is InChI=1S/C9H17I/c1-3-7-5-9(10)6-8(7)4-2/h7-9H,3-6H2,1-2H3. The summed E-state index contributed by atoms with van der Waals surface area (Å²) in [4.78, 5) is 0. The Bertz CT molecular complexity index is 88.9. The van der Waals surface area contributed by atoms with Crippen molar-refractivity contribution in [2.45, 2.75) is 43.5 Å². The molecule has 2 unspecified atom stereocenters. The second kappa shape index (κ2) is 3.93. The van der Waals surface area contributed by atoms with Crippen molar-refractivity contribution in [2.75, 3.05) is 0 Å².